The van der Waals surface area contributed by atoms with E-state index in [2.05, 4.69) is 10.3 Å². The quantitative estimate of drug-likeness (QED) is 0.740. The number of carbonyl (C=O) groups is 2. The Labute approximate surface area is 179 Å². The lowest BCUT2D eigenvalue weighted by Gasteiger charge is -2.30. The van der Waals surface area contributed by atoms with E-state index in [4.69, 9.17) is 23.2 Å². The van der Waals surface area contributed by atoms with Crippen molar-refractivity contribution in [3.8, 4) is 0 Å². The van der Waals surface area contributed by atoms with E-state index < -0.39 is 16.9 Å². The Balaban J connectivity index is 1.81. The predicted octanol–water partition coefficient (Wildman–Crippen LogP) is 4.54. The van der Waals surface area contributed by atoms with Crippen LogP contribution in [0.4, 0.5) is 0 Å². The van der Waals surface area contributed by atoms with Crippen LogP contribution in [0.3, 0.4) is 0 Å². The number of pyridine rings is 1. The maximum absolute atomic E-state index is 12.7. The Morgan fingerprint density at radius 3 is 2.48 bits per heavy atom. The van der Waals surface area contributed by atoms with Crippen molar-refractivity contribution in [1.82, 2.24) is 10.3 Å². The highest BCUT2D eigenvalue weighted by molar-refractivity contribution is 6.42. The molecule has 1 aliphatic rings. The van der Waals surface area contributed by atoms with Gasteiger partial charge in [0.2, 0.25) is 0 Å². The molecule has 154 valence electrons. The highest BCUT2D eigenvalue weighted by Crippen LogP contribution is 2.33. The van der Waals surface area contributed by atoms with E-state index >= 15 is 0 Å². The average Bonchev–Trinajstić information content (AvgIpc) is 2.60. The molecule has 5 nitrogen and oxygen atoms in total. The molecule has 0 spiro atoms. The summed E-state index contributed by atoms with van der Waals surface area (Å²) in [5.41, 5.74) is 0.748. The standard InChI is InChI=1S/C22H24Cl2N2O3/c1-21(2)9-17-13(18(27)10-21)8-14(20(29)26-17)19(28)25-11-22(3,4)12-5-6-15(23)16(24)7-12/h5-8H,9-11H2,1-4H3,(H,25,28)(H,26,29). The molecule has 1 heterocycles. The van der Waals surface area contributed by atoms with Gasteiger partial charge in [-0.1, -0.05) is 57.0 Å². The van der Waals surface area contributed by atoms with Gasteiger partial charge in [0.1, 0.15) is 5.56 Å². The van der Waals surface area contributed by atoms with Crippen LogP contribution in [0, 0.1) is 5.41 Å². The van der Waals surface area contributed by atoms with Gasteiger partial charge in [0.05, 0.1) is 10.0 Å². The summed E-state index contributed by atoms with van der Waals surface area (Å²) in [6, 6.07) is 6.76. The Bertz CT molecular complexity index is 1050. The molecule has 0 fully saturated rings. The molecule has 3 rings (SSSR count). The highest BCUT2D eigenvalue weighted by atomic mass is 35.5. The summed E-state index contributed by atoms with van der Waals surface area (Å²) in [6.45, 7) is 8.15. The summed E-state index contributed by atoms with van der Waals surface area (Å²) >= 11 is 12.1. The minimum absolute atomic E-state index is 0.0539. The summed E-state index contributed by atoms with van der Waals surface area (Å²) in [4.78, 5) is 40.4. The number of fused-ring (bicyclic) bond motifs is 1. The molecular formula is C22H24Cl2N2O3. The Morgan fingerprint density at radius 2 is 1.83 bits per heavy atom. The Kier molecular flexibility index (Phi) is 5.67. The zero-order chi connectivity index (χ0) is 21.6. The second kappa shape index (κ2) is 7.62. The normalized spacial score (nSPS) is 15.7. The minimum atomic E-state index is -0.514. The predicted molar refractivity (Wildman–Crippen MR) is 115 cm³/mol. The van der Waals surface area contributed by atoms with Crippen LogP contribution in [-0.2, 0) is 11.8 Å². The van der Waals surface area contributed by atoms with E-state index in [1.54, 1.807) is 12.1 Å². The van der Waals surface area contributed by atoms with Crippen molar-refractivity contribution in [2.75, 3.05) is 6.54 Å². The number of benzene rings is 1. The maximum atomic E-state index is 12.7. The molecule has 7 heteroatoms. The molecule has 0 saturated heterocycles. The number of H-pyrrole nitrogens is 1. The third-order valence-electron chi connectivity index (χ3n) is 5.35. The van der Waals surface area contributed by atoms with Crippen LogP contribution in [0.2, 0.25) is 10.0 Å². The van der Waals surface area contributed by atoms with Crippen LogP contribution in [0.5, 0.6) is 0 Å². The third-order valence-corrected chi connectivity index (χ3v) is 6.09. The molecule has 1 aromatic carbocycles. The van der Waals surface area contributed by atoms with E-state index in [-0.39, 0.29) is 23.3 Å². The van der Waals surface area contributed by atoms with Crippen LogP contribution in [0.1, 0.15) is 66.1 Å². The van der Waals surface area contributed by atoms with Crippen molar-refractivity contribution in [3.05, 3.63) is 67.0 Å². The van der Waals surface area contributed by atoms with Gasteiger partial charge in [-0.2, -0.15) is 0 Å². The topological polar surface area (TPSA) is 79.0 Å². The molecule has 29 heavy (non-hydrogen) atoms. The van der Waals surface area contributed by atoms with Crippen molar-refractivity contribution in [2.45, 2.75) is 46.0 Å². The van der Waals surface area contributed by atoms with Crippen LogP contribution in [0.15, 0.2) is 29.1 Å². The second-order valence-corrected chi connectivity index (χ2v) is 9.86. The zero-order valence-corrected chi connectivity index (χ0v) is 18.4. The molecule has 2 aromatic rings. The van der Waals surface area contributed by atoms with Crippen LogP contribution < -0.4 is 10.9 Å². The van der Waals surface area contributed by atoms with Gasteiger partial charge in [-0.15, -0.1) is 0 Å². The van der Waals surface area contributed by atoms with E-state index in [0.717, 1.165) is 5.56 Å². The fraction of sp³-hybridized carbons (Fsp3) is 0.409. The fourth-order valence-electron chi connectivity index (χ4n) is 3.61. The number of aromatic amines is 1. The molecule has 0 saturated carbocycles. The van der Waals surface area contributed by atoms with E-state index in [1.165, 1.54) is 6.07 Å². The smallest absolute Gasteiger partial charge is 0.261 e. The first-order chi connectivity index (χ1) is 13.4. The summed E-state index contributed by atoms with van der Waals surface area (Å²) in [5, 5.41) is 3.71. The Hall–Kier alpha value is -2.11. The number of aromatic nitrogens is 1. The molecule has 1 amide bonds. The largest absolute Gasteiger partial charge is 0.351 e. The van der Waals surface area contributed by atoms with Crippen molar-refractivity contribution in [3.63, 3.8) is 0 Å². The zero-order valence-electron chi connectivity index (χ0n) is 16.9. The first-order valence-corrected chi connectivity index (χ1v) is 10.2. The molecule has 0 bridgehead atoms. The number of halogens is 2. The SMILES string of the molecule is CC1(C)CC(=O)c2cc(C(=O)NCC(C)(C)c3ccc(Cl)c(Cl)c3)c(=O)[nH]c2C1. The number of hydrogen-bond acceptors (Lipinski definition) is 3. The minimum Gasteiger partial charge on any atom is -0.351 e. The molecule has 0 aliphatic heterocycles. The summed E-state index contributed by atoms with van der Waals surface area (Å²) in [5.74, 6) is -0.572. The van der Waals surface area contributed by atoms with Crippen molar-refractivity contribution >= 4 is 34.9 Å². The van der Waals surface area contributed by atoms with Crippen molar-refractivity contribution in [2.24, 2.45) is 5.41 Å². The van der Waals surface area contributed by atoms with Gasteiger partial charge in [0.25, 0.3) is 11.5 Å². The lowest BCUT2D eigenvalue weighted by atomic mass is 9.75. The van der Waals surface area contributed by atoms with Crippen molar-refractivity contribution < 1.29 is 9.59 Å². The molecule has 2 N–H and O–H groups in total. The Morgan fingerprint density at radius 1 is 1.14 bits per heavy atom. The van der Waals surface area contributed by atoms with Gasteiger partial charge >= 0.3 is 0 Å². The molecule has 1 aliphatic carbocycles. The number of carbonyl (C=O) groups excluding carboxylic acids is 2. The highest BCUT2D eigenvalue weighted by Gasteiger charge is 2.33. The summed E-state index contributed by atoms with van der Waals surface area (Å²) in [6.07, 6.45) is 0.979. The molecule has 1 aromatic heterocycles. The second-order valence-electron chi connectivity index (χ2n) is 9.04. The number of ketones is 1. The maximum Gasteiger partial charge on any atom is 0.261 e. The van der Waals surface area contributed by atoms with Crippen LogP contribution in [-0.4, -0.2) is 23.2 Å². The van der Waals surface area contributed by atoms with Gasteiger partial charge < -0.3 is 10.3 Å². The molecular weight excluding hydrogens is 411 g/mol. The summed E-state index contributed by atoms with van der Waals surface area (Å²) < 4.78 is 0. The van der Waals surface area contributed by atoms with Crippen LogP contribution in [0.25, 0.3) is 0 Å². The monoisotopic (exact) mass is 434 g/mol. The molecule has 0 unspecified atom stereocenters. The number of rotatable bonds is 4. The van der Waals surface area contributed by atoms with E-state index in [0.29, 0.717) is 34.1 Å². The third kappa shape index (κ3) is 4.57. The first-order valence-electron chi connectivity index (χ1n) is 9.43. The average molecular weight is 435 g/mol. The van der Waals surface area contributed by atoms with Crippen molar-refractivity contribution in [1.29, 1.82) is 0 Å². The number of nitrogens with one attached hydrogen (secondary N) is 2. The number of Topliss-reactive ketones (excluding diaryl/α,β-unsaturated/α-hetero) is 1. The molecule has 0 radical (unpaired) electrons. The van der Waals surface area contributed by atoms with Gasteiger partial charge in [0, 0.05) is 29.6 Å². The number of hydrogen-bond donors (Lipinski definition) is 2. The number of amides is 1. The molecule has 0 atom stereocenters. The first kappa shape index (κ1) is 21.6. The van der Waals surface area contributed by atoms with Crippen LogP contribution >= 0.6 is 23.2 Å². The fourth-order valence-corrected chi connectivity index (χ4v) is 3.91. The lowest BCUT2D eigenvalue weighted by molar-refractivity contribution is 0.0910. The van der Waals surface area contributed by atoms with Gasteiger partial charge in [-0.25, -0.2) is 0 Å². The lowest BCUT2D eigenvalue weighted by Crippen LogP contribution is -2.39. The van der Waals surface area contributed by atoms with Gasteiger partial charge in [0.15, 0.2) is 5.78 Å². The van der Waals surface area contributed by atoms with E-state index in [1.807, 2.05) is 33.8 Å². The summed E-state index contributed by atoms with van der Waals surface area (Å²) in [7, 11) is 0. The van der Waals surface area contributed by atoms with Gasteiger partial charge in [-0.3, -0.25) is 14.4 Å². The van der Waals surface area contributed by atoms with E-state index in [9.17, 15) is 14.4 Å². The van der Waals surface area contributed by atoms with Gasteiger partial charge in [-0.05, 0) is 35.6 Å².